The molecule has 1 aromatic rings. The fourth-order valence-electron chi connectivity index (χ4n) is 1.64. The van der Waals surface area contributed by atoms with Crippen LogP contribution in [-0.2, 0) is 10.0 Å². The number of nitro groups is 1. The molecule has 0 aliphatic rings. The Hall–Kier alpha value is -1.55. The fourth-order valence-corrected chi connectivity index (χ4v) is 3.08. The average Bonchev–Trinajstić information content (AvgIpc) is 2.43. The maximum atomic E-state index is 12.1. The van der Waals surface area contributed by atoms with E-state index in [1.807, 2.05) is 0 Å². The lowest BCUT2D eigenvalue weighted by atomic mass is 10.2. The molecule has 0 unspecified atom stereocenters. The van der Waals surface area contributed by atoms with Crippen LogP contribution >= 0.6 is 0 Å². The van der Waals surface area contributed by atoms with Crippen molar-refractivity contribution >= 4 is 15.7 Å². The molecule has 0 aliphatic carbocycles. The van der Waals surface area contributed by atoms with E-state index in [0.29, 0.717) is 6.42 Å². The van der Waals surface area contributed by atoms with Crippen molar-refractivity contribution in [3.05, 3.63) is 34.4 Å². The number of para-hydroxylation sites is 1. The lowest BCUT2D eigenvalue weighted by Gasteiger charge is -2.15. The number of aliphatic hydroxyl groups excluding tert-OH is 2. The molecule has 1 aromatic carbocycles. The first kappa shape index (κ1) is 16.5. The SMILES string of the molecule is O=[N+]([O-])c1ccccc1S(=O)(=O)N[C@@H](CO)CCCO. The standard InChI is InChI=1S/C11H16N2O6S/c14-7-3-4-9(8-15)12-20(18,19)11-6-2-1-5-10(11)13(16)17/h1-2,5-6,9,12,14-15H,3-4,7-8H2/t9-/m1/s1. The highest BCUT2D eigenvalue weighted by Crippen LogP contribution is 2.23. The topological polar surface area (TPSA) is 130 Å². The Morgan fingerprint density at radius 1 is 1.30 bits per heavy atom. The summed E-state index contributed by atoms with van der Waals surface area (Å²) >= 11 is 0. The van der Waals surface area contributed by atoms with Gasteiger partial charge in [0.1, 0.15) is 0 Å². The monoisotopic (exact) mass is 304 g/mol. The zero-order valence-corrected chi connectivity index (χ0v) is 11.4. The largest absolute Gasteiger partial charge is 0.396 e. The van der Waals surface area contributed by atoms with Gasteiger partial charge < -0.3 is 10.2 Å². The van der Waals surface area contributed by atoms with Gasteiger partial charge in [-0.05, 0) is 18.9 Å². The number of hydrogen-bond donors (Lipinski definition) is 3. The highest BCUT2D eigenvalue weighted by Gasteiger charge is 2.27. The van der Waals surface area contributed by atoms with E-state index < -0.39 is 38.2 Å². The Morgan fingerprint density at radius 2 is 1.95 bits per heavy atom. The van der Waals surface area contributed by atoms with Crippen molar-refractivity contribution in [3.8, 4) is 0 Å². The molecule has 1 atom stereocenters. The van der Waals surface area contributed by atoms with Gasteiger partial charge in [0.05, 0.1) is 11.5 Å². The lowest BCUT2D eigenvalue weighted by molar-refractivity contribution is -0.387. The summed E-state index contributed by atoms with van der Waals surface area (Å²) in [5, 5.41) is 28.6. The number of nitrogens with one attached hydrogen (secondary N) is 1. The van der Waals surface area contributed by atoms with Gasteiger partial charge in [0.2, 0.25) is 10.0 Å². The number of aliphatic hydroxyl groups is 2. The first-order valence-corrected chi connectivity index (χ1v) is 7.38. The number of nitrogens with zero attached hydrogens (tertiary/aromatic N) is 1. The van der Waals surface area contributed by atoms with Crippen LogP contribution in [0.4, 0.5) is 5.69 Å². The lowest BCUT2D eigenvalue weighted by Crippen LogP contribution is -2.37. The smallest absolute Gasteiger partial charge is 0.289 e. The Labute approximate surface area is 116 Å². The summed E-state index contributed by atoms with van der Waals surface area (Å²) < 4.78 is 26.4. The number of hydrogen-bond acceptors (Lipinski definition) is 6. The first-order valence-electron chi connectivity index (χ1n) is 5.90. The number of benzene rings is 1. The van der Waals surface area contributed by atoms with E-state index in [1.165, 1.54) is 12.1 Å². The minimum absolute atomic E-state index is 0.135. The van der Waals surface area contributed by atoms with Gasteiger partial charge in [0.25, 0.3) is 5.69 Å². The van der Waals surface area contributed by atoms with Crippen molar-refractivity contribution in [2.24, 2.45) is 0 Å². The van der Waals surface area contributed by atoms with Crippen LogP contribution in [0.5, 0.6) is 0 Å². The first-order chi connectivity index (χ1) is 9.42. The van der Waals surface area contributed by atoms with E-state index in [-0.39, 0.29) is 13.0 Å². The van der Waals surface area contributed by atoms with E-state index >= 15 is 0 Å². The number of sulfonamides is 1. The van der Waals surface area contributed by atoms with Gasteiger partial charge in [-0.25, -0.2) is 13.1 Å². The highest BCUT2D eigenvalue weighted by molar-refractivity contribution is 7.89. The summed E-state index contributed by atoms with van der Waals surface area (Å²) in [6.07, 6.45) is 0.539. The van der Waals surface area contributed by atoms with Gasteiger partial charge in [-0.15, -0.1) is 0 Å². The molecule has 20 heavy (non-hydrogen) atoms. The molecule has 0 saturated carbocycles. The molecule has 0 radical (unpaired) electrons. The molecule has 0 amide bonds. The Bertz CT molecular complexity index is 560. The van der Waals surface area contributed by atoms with Crippen LogP contribution in [0.1, 0.15) is 12.8 Å². The van der Waals surface area contributed by atoms with Crippen molar-refractivity contribution in [1.29, 1.82) is 0 Å². The van der Waals surface area contributed by atoms with Gasteiger partial charge in [0, 0.05) is 18.7 Å². The normalized spacial score (nSPS) is 13.1. The maximum absolute atomic E-state index is 12.1. The summed E-state index contributed by atoms with van der Waals surface area (Å²) in [7, 11) is -4.11. The molecule has 0 spiro atoms. The Kier molecular flexibility index (Phi) is 6.02. The number of nitro benzene ring substituents is 1. The molecule has 0 fully saturated rings. The van der Waals surface area contributed by atoms with Crippen molar-refractivity contribution < 1.29 is 23.6 Å². The van der Waals surface area contributed by atoms with Crippen molar-refractivity contribution in [1.82, 2.24) is 4.72 Å². The van der Waals surface area contributed by atoms with Crippen LogP contribution in [0.3, 0.4) is 0 Å². The van der Waals surface area contributed by atoms with E-state index in [1.54, 1.807) is 0 Å². The molecule has 112 valence electrons. The van der Waals surface area contributed by atoms with Crippen molar-refractivity contribution in [2.75, 3.05) is 13.2 Å². The summed E-state index contributed by atoms with van der Waals surface area (Å²) in [6, 6.07) is 4.17. The molecule has 9 heteroatoms. The van der Waals surface area contributed by atoms with Crippen LogP contribution in [0, 0.1) is 10.1 Å². The van der Waals surface area contributed by atoms with E-state index in [0.717, 1.165) is 12.1 Å². The summed E-state index contributed by atoms with van der Waals surface area (Å²) in [4.78, 5) is 9.59. The molecule has 3 N–H and O–H groups in total. The zero-order valence-electron chi connectivity index (χ0n) is 10.6. The predicted octanol–water partition coefficient (Wildman–Crippen LogP) is 0.00650. The summed E-state index contributed by atoms with van der Waals surface area (Å²) in [6.45, 7) is -0.594. The van der Waals surface area contributed by atoms with E-state index in [9.17, 15) is 18.5 Å². The molecule has 0 bridgehead atoms. The van der Waals surface area contributed by atoms with Gasteiger partial charge in [0.15, 0.2) is 4.90 Å². The summed E-state index contributed by atoms with van der Waals surface area (Å²) in [5.41, 5.74) is -0.529. The second kappa shape index (κ2) is 7.29. The molecule has 8 nitrogen and oxygen atoms in total. The van der Waals surface area contributed by atoms with Gasteiger partial charge in [-0.1, -0.05) is 12.1 Å². The van der Waals surface area contributed by atoms with Crippen LogP contribution in [0.15, 0.2) is 29.2 Å². The average molecular weight is 304 g/mol. The Balaban J connectivity index is 3.02. The van der Waals surface area contributed by atoms with Gasteiger partial charge in [-0.3, -0.25) is 10.1 Å². The van der Waals surface area contributed by atoms with E-state index in [2.05, 4.69) is 4.72 Å². The van der Waals surface area contributed by atoms with Crippen LogP contribution in [-0.4, -0.2) is 42.8 Å². The molecule has 0 heterocycles. The minimum Gasteiger partial charge on any atom is -0.396 e. The highest BCUT2D eigenvalue weighted by atomic mass is 32.2. The third-order valence-electron chi connectivity index (χ3n) is 2.60. The van der Waals surface area contributed by atoms with Crippen LogP contribution in [0.25, 0.3) is 0 Å². The molecule has 0 aromatic heterocycles. The number of rotatable bonds is 8. The van der Waals surface area contributed by atoms with E-state index in [4.69, 9.17) is 10.2 Å². The second-order valence-electron chi connectivity index (χ2n) is 4.09. The quantitative estimate of drug-likeness (QED) is 0.458. The molecule has 0 aliphatic heterocycles. The van der Waals surface area contributed by atoms with Gasteiger partial charge >= 0.3 is 0 Å². The van der Waals surface area contributed by atoms with Crippen molar-refractivity contribution in [2.45, 2.75) is 23.8 Å². The minimum atomic E-state index is -4.11. The molecular weight excluding hydrogens is 288 g/mol. The zero-order chi connectivity index (χ0) is 15.2. The fraction of sp³-hybridized carbons (Fsp3) is 0.455. The predicted molar refractivity (Wildman–Crippen MR) is 70.6 cm³/mol. The molecular formula is C11H16N2O6S. The van der Waals surface area contributed by atoms with Crippen LogP contribution < -0.4 is 4.72 Å². The third-order valence-corrected chi connectivity index (χ3v) is 4.17. The van der Waals surface area contributed by atoms with Crippen molar-refractivity contribution in [3.63, 3.8) is 0 Å². The van der Waals surface area contributed by atoms with Crippen LogP contribution in [0.2, 0.25) is 0 Å². The Morgan fingerprint density at radius 3 is 2.50 bits per heavy atom. The second-order valence-corrected chi connectivity index (χ2v) is 5.77. The molecule has 1 rings (SSSR count). The van der Waals surface area contributed by atoms with Gasteiger partial charge in [-0.2, -0.15) is 0 Å². The molecule has 0 saturated heterocycles. The summed E-state index contributed by atoms with van der Waals surface area (Å²) in [5.74, 6) is 0. The maximum Gasteiger partial charge on any atom is 0.289 e. The third kappa shape index (κ3) is 4.23.